The van der Waals surface area contributed by atoms with Gasteiger partial charge in [0.05, 0.1) is 0 Å². The van der Waals surface area contributed by atoms with Crippen molar-refractivity contribution >= 4 is 23.5 Å². The maximum absolute atomic E-state index is 11.8. The highest BCUT2D eigenvalue weighted by Gasteiger charge is 2.12. The standard InChI is InChI=1S/C15H16N4O2/c1-10-5-3-7-16-14(10)18-12(20)9-13(21)19-15-11(2)6-4-8-17-15/h3-8H,9H2,1-2H3,(H,16,18,20)(H,17,19,21). The highest BCUT2D eigenvalue weighted by atomic mass is 16.2. The zero-order valence-electron chi connectivity index (χ0n) is 11.9. The number of carbonyl (C=O) groups is 2. The van der Waals surface area contributed by atoms with Crippen molar-refractivity contribution < 1.29 is 9.59 Å². The van der Waals surface area contributed by atoms with Gasteiger partial charge in [-0.05, 0) is 37.1 Å². The molecule has 0 bridgehead atoms. The van der Waals surface area contributed by atoms with E-state index >= 15 is 0 Å². The Hall–Kier alpha value is -2.76. The molecule has 0 radical (unpaired) electrons. The summed E-state index contributed by atoms with van der Waals surface area (Å²) in [6, 6.07) is 7.23. The highest BCUT2D eigenvalue weighted by Crippen LogP contribution is 2.11. The van der Waals surface area contributed by atoms with Gasteiger partial charge in [0.25, 0.3) is 0 Å². The van der Waals surface area contributed by atoms with Crippen molar-refractivity contribution in [3.05, 3.63) is 47.8 Å². The molecule has 2 aromatic heterocycles. The predicted molar refractivity (Wildman–Crippen MR) is 79.8 cm³/mol. The molecule has 0 atom stereocenters. The first kappa shape index (κ1) is 14.6. The normalized spacial score (nSPS) is 10.0. The molecule has 108 valence electrons. The summed E-state index contributed by atoms with van der Waals surface area (Å²) in [6.45, 7) is 3.67. The minimum Gasteiger partial charge on any atom is -0.310 e. The second-order valence-electron chi connectivity index (χ2n) is 4.61. The van der Waals surface area contributed by atoms with Crippen LogP contribution >= 0.6 is 0 Å². The van der Waals surface area contributed by atoms with E-state index in [-0.39, 0.29) is 6.42 Å². The molecule has 0 fully saturated rings. The number of nitrogens with one attached hydrogen (secondary N) is 2. The summed E-state index contributed by atoms with van der Waals surface area (Å²) < 4.78 is 0. The van der Waals surface area contributed by atoms with Crippen molar-refractivity contribution in [1.29, 1.82) is 0 Å². The first-order chi connectivity index (χ1) is 10.1. The minimum absolute atomic E-state index is 0.286. The van der Waals surface area contributed by atoms with Gasteiger partial charge in [0.1, 0.15) is 18.1 Å². The smallest absolute Gasteiger partial charge is 0.234 e. The lowest BCUT2D eigenvalue weighted by atomic mass is 10.2. The van der Waals surface area contributed by atoms with E-state index in [4.69, 9.17) is 0 Å². The van der Waals surface area contributed by atoms with Gasteiger partial charge < -0.3 is 10.6 Å². The third-order valence-electron chi connectivity index (χ3n) is 2.86. The maximum Gasteiger partial charge on any atom is 0.234 e. The number of pyridine rings is 2. The van der Waals surface area contributed by atoms with Crippen molar-refractivity contribution in [3.63, 3.8) is 0 Å². The molecule has 0 aliphatic rings. The van der Waals surface area contributed by atoms with Crippen molar-refractivity contribution in [2.75, 3.05) is 10.6 Å². The lowest BCUT2D eigenvalue weighted by Gasteiger charge is -2.08. The van der Waals surface area contributed by atoms with E-state index in [2.05, 4.69) is 20.6 Å². The number of hydrogen-bond acceptors (Lipinski definition) is 4. The molecule has 0 aliphatic heterocycles. The van der Waals surface area contributed by atoms with Gasteiger partial charge in [0.15, 0.2) is 0 Å². The van der Waals surface area contributed by atoms with Gasteiger partial charge in [-0.25, -0.2) is 9.97 Å². The Kier molecular flexibility index (Phi) is 4.61. The number of nitrogens with zero attached hydrogens (tertiary/aromatic N) is 2. The summed E-state index contributed by atoms with van der Waals surface area (Å²) in [4.78, 5) is 31.7. The molecule has 6 nitrogen and oxygen atoms in total. The quantitative estimate of drug-likeness (QED) is 0.842. The van der Waals surface area contributed by atoms with Crippen LogP contribution in [-0.4, -0.2) is 21.8 Å². The Morgan fingerprint density at radius 1 is 0.905 bits per heavy atom. The zero-order chi connectivity index (χ0) is 15.2. The van der Waals surface area contributed by atoms with Crippen molar-refractivity contribution in [2.45, 2.75) is 20.3 Å². The van der Waals surface area contributed by atoms with Gasteiger partial charge in [-0.1, -0.05) is 12.1 Å². The molecule has 21 heavy (non-hydrogen) atoms. The second-order valence-corrected chi connectivity index (χ2v) is 4.61. The summed E-state index contributed by atoms with van der Waals surface area (Å²) in [5, 5.41) is 5.22. The molecule has 0 saturated heterocycles. The number of aryl methyl sites for hydroxylation is 2. The Morgan fingerprint density at radius 3 is 1.71 bits per heavy atom. The predicted octanol–water partition coefficient (Wildman–Crippen LogP) is 2.06. The highest BCUT2D eigenvalue weighted by molar-refractivity contribution is 6.07. The van der Waals surface area contributed by atoms with Crippen LogP contribution in [0.15, 0.2) is 36.7 Å². The fourth-order valence-corrected chi connectivity index (χ4v) is 1.73. The van der Waals surface area contributed by atoms with Crippen LogP contribution in [0.2, 0.25) is 0 Å². The lowest BCUT2D eigenvalue weighted by Crippen LogP contribution is -2.22. The topological polar surface area (TPSA) is 84.0 Å². The van der Waals surface area contributed by atoms with E-state index in [1.807, 2.05) is 26.0 Å². The maximum atomic E-state index is 11.8. The Morgan fingerprint density at radius 2 is 1.33 bits per heavy atom. The third-order valence-corrected chi connectivity index (χ3v) is 2.86. The summed E-state index contributed by atoms with van der Waals surface area (Å²) in [6.07, 6.45) is 2.88. The van der Waals surface area contributed by atoms with Crippen LogP contribution < -0.4 is 10.6 Å². The average molecular weight is 284 g/mol. The van der Waals surface area contributed by atoms with Gasteiger partial charge in [0, 0.05) is 12.4 Å². The summed E-state index contributed by atoms with van der Waals surface area (Å²) in [5.41, 5.74) is 1.68. The molecular formula is C15H16N4O2. The molecule has 2 heterocycles. The summed E-state index contributed by atoms with van der Waals surface area (Å²) in [7, 11) is 0. The van der Waals surface area contributed by atoms with Crippen LogP contribution in [0.5, 0.6) is 0 Å². The number of hydrogen-bond donors (Lipinski definition) is 2. The molecule has 2 amide bonds. The van der Waals surface area contributed by atoms with Crippen LogP contribution in [0.4, 0.5) is 11.6 Å². The lowest BCUT2D eigenvalue weighted by molar-refractivity contribution is -0.123. The Labute approximate surface area is 122 Å². The zero-order valence-corrected chi connectivity index (χ0v) is 11.9. The van der Waals surface area contributed by atoms with E-state index < -0.39 is 11.8 Å². The number of rotatable bonds is 4. The van der Waals surface area contributed by atoms with E-state index in [0.29, 0.717) is 11.6 Å². The monoisotopic (exact) mass is 284 g/mol. The SMILES string of the molecule is Cc1cccnc1NC(=O)CC(=O)Nc1ncccc1C. The van der Waals surface area contributed by atoms with Crippen molar-refractivity contribution in [2.24, 2.45) is 0 Å². The van der Waals surface area contributed by atoms with Gasteiger partial charge >= 0.3 is 0 Å². The number of amides is 2. The third kappa shape index (κ3) is 4.10. The van der Waals surface area contributed by atoms with Gasteiger partial charge in [-0.3, -0.25) is 9.59 Å². The molecule has 6 heteroatoms. The molecule has 2 rings (SSSR count). The van der Waals surface area contributed by atoms with E-state index in [1.54, 1.807) is 24.5 Å². The van der Waals surface area contributed by atoms with Gasteiger partial charge in [-0.15, -0.1) is 0 Å². The van der Waals surface area contributed by atoms with Crippen molar-refractivity contribution in [3.8, 4) is 0 Å². The van der Waals surface area contributed by atoms with Gasteiger partial charge in [0.2, 0.25) is 11.8 Å². The minimum atomic E-state index is -0.414. The summed E-state index contributed by atoms with van der Waals surface area (Å²) >= 11 is 0. The molecule has 0 unspecified atom stereocenters. The Balaban J connectivity index is 1.93. The van der Waals surface area contributed by atoms with Crippen LogP contribution in [0.3, 0.4) is 0 Å². The van der Waals surface area contributed by atoms with Crippen LogP contribution in [-0.2, 0) is 9.59 Å². The van der Waals surface area contributed by atoms with Gasteiger partial charge in [-0.2, -0.15) is 0 Å². The fraction of sp³-hybridized carbons (Fsp3) is 0.200. The largest absolute Gasteiger partial charge is 0.310 e. The summed E-state index contributed by atoms with van der Waals surface area (Å²) in [5.74, 6) is 0.0967. The first-order valence-corrected chi connectivity index (χ1v) is 6.49. The van der Waals surface area contributed by atoms with Crippen LogP contribution in [0.1, 0.15) is 17.5 Å². The average Bonchev–Trinajstić information content (AvgIpc) is 2.44. The molecule has 0 saturated carbocycles. The number of carbonyl (C=O) groups excluding carboxylic acids is 2. The van der Waals surface area contributed by atoms with E-state index in [1.165, 1.54) is 0 Å². The van der Waals surface area contributed by atoms with E-state index in [0.717, 1.165) is 11.1 Å². The van der Waals surface area contributed by atoms with Crippen LogP contribution in [0.25, 0.3) is 0 Å². The molecule has 2 aromatic rings. The molecule has 0 aromatic carbocycles. The van der Waals surface area contributed by atoms with E-state index in [9.17, 15) is 9.59 Å². The number of aromatic nitrogens is 2. The second kappa shape index (κ2) is 6.60. The molecule has 0 aliphatic carbocycles. The molecule has 0 spiro atoms. The van der Waals surface area contributed by atoms with Crippen LogP contribution in [0, 0.1) is 13.8 Å². The first-order valence-electron chi connectivity index (χ1n) is 6.49. The Bertz CT molecular complexity index is 613. The molecular weight excluding hydrogens is 268 g/mol. The molecule has 2 N–H and O–H groups in total. The van der Waals surface area contributed by atoms with Crippen molar-refractivity contribution in [1.82, 2.24) is 9.97 Å². The fourth-order valence-electron chi connectivity index (χ4n) is 1.73. The number of anilines is 2.